The number of carboxylic acid groups (broad SMARTS) is 1. The third kappa shape index (κ3) is 2.68. The lowest BCUT2D eigenvalue weighted by atomic mass is 9.69. The van der Waals surface area contributed by atoms with Gasteiger partial charge >= 0.3 is 5.97 Å². The molecule has 2 N–H and O–H groups in total. The standard InChI is InChI=1S/C15H26N2O3/c1-10-5-6-11(2)17(10)12(3)13(18)16-9-15(14(19)20)7-4-8-15/h10-12H,4-9H2,1-3H3,(H,16,18)(H,19,20). The van der Waals surface area contributed by atoms with Crippen LogP contribution in [-0.2, 0) is 9.59 Å². The van der Waals surface area contributed by atoms with Crippen molar-refractivity contribution in [3.8, 4) is 0 Å². The number of hydrogen-bond acceptors (Lipinski definition) is 3. The van der Waals surface area contributed by atoms with Gasteiger partial charge in [0.1, 0.15) is 0 Å². The van der Waals surface area contributed by atoms with E-state index in [1.807, 2.05) is 6.92 Å². The van der Waals surface area contributed by atoms with Crippen molar-refractivity contribution in [3.05, 3.63) is 0 Å². The largest absolute Gasteiger partial charge is 0.481 e. The number of carboxylic acids is 1. The number of likely N-dealkylation sites (tertiary alicyclic amines) is 1. The van der Waals surface area contributed by atoms with E-state index >= 15 is 0 Å². The average Bonchev–Trinajstić information content (AvgIpc) is 2.66. The second kappa shape index (κ2) is 5.72. The van der Waals surface area contributed by atoms with E-state index in [0.717, 1.165) is 19.3 Å². The number of carbonyl (C=O) groups excluding carboxylic acids is 1. The first-order valence-corrected chi connectivity index (χ1v) is 7.66. The number of amides is 1. The first kappa shape index (κ1) is 15.3. The van der Waals surface area contributed by atoms with Gasteiger partial charge in [-0.2, -0.15) is 0 Å². The summed E-state index contributed by atoms with van der Waals surface area (Å²) in [7, 11) is 0. The number of nitrogens with one attached hydrogen (secondary N) is 1. The summed E-state index contributed by atoms with van der Waals surface area (Å²) in [6.45, 7) is 6.49. The molecule has 0 aromatic heterocycles. The van der Waals surface area contributed by atoms with Gasteiger partial charge in [0.05, 0.1) is 11.5 Å². The van der Waals surface area contributed by atoms with E-state index in [1.165, 1.54) is 0 Å². The van der Waals surface area contributed by atoms with Crippen LogP contribution in [0.2, 0.25) is 0 Å². The highest BCUT2D eigenvalue weighted by molar-refractivity contribution is 5.83. The lowest BCUT2D eigenvalue weighted by Crippen LogP contribution is -2.53. The maximum atomic E-state index is 12.3. The Balaban J connectivity index is 1.90. The van der Waals surface area contributed by atoms with Gasteiger partial charge in [0.25, 0.3) is 0 Å². The second-order valence-corrected chi connectivity index (χ2v) is 6.56. The van der Waals surface area contributed by atoms with Crippen molar-refractivity contribution in [2.75, 3.05) is 6.54 Å². The maximum absolute atomic E-state index is 12.3. The molecule has 2 aliphatic rings. The van der Waals surface area contributed by atoms with E-state index in [-0.39, 0.29) is 18.5 Å². The van der Waals surface area contributed by atoms with Gasteiger partial charge in [0.15, 0.2) is 0 Å². The Morgan fingerprint density at radius 2 is 1.85 bits per heavy atom. The van der Waals surface area contributed by atoms with E-state index in [2.05, 4.69) is 24.1 Å². The highest BCUT2D eigenvalue weighted by atomic mass is 16.4. The van der Waals surface area contributed by atoms with Gasteiger partial charge in [0.2, 0.25) is 5.91 Å². The van der Waals surface area contributed by atoms with Gasteiger partial charge in [-0.15, -0.1) is 0 Å². The molecule has 0 aromatic rings. The van der Waals surface area contributed by atoms with Crippen LogP contribution in [-0.4, -0.2) is 46.6 Å². The Bertz CT molecular complexity index is 383. The predicted molar refractivity (Wildman–Crippen MR) is 76.4 cm³/mol. The monoisotopic (exact) mass is 282 g/mol. The molecule has 20 heavy (non-hydrogen) atoms. The molecule has 2 rings (SSSR count). The summed E-state index contributed by atoms with van der Waals surface area (Å²) in [6, 6.07) is 0.652. The van der Waals surface area contributed by atoms with E-state index in [1.54, 1.807) is 0 Å². The fraction of sp³-hybridized carbons (Fsp3) is 0.867. The lowest BCUT2D eigenvalue weighted by molar-refractivity contribution is -0.154. The molecule has 0 spiro atoms. The van der Waals surface area contributed by atoms with E-state index in [4.69, 9.17) is 0 Å². The summed E-state index contributed by atoms with van der Waals surface area (Å²) in [4.78, 5) is 25.8. The minimum absolute atomic E-state index is 0.0434. The molecular weight excluding hydrogens is 256 g/mol. The highest BCUT2D eigenvalue weighted by Gasteiger charge is 2.45. The molecular formula is C15H26N2O3. The first-order valence-electron chi connectivity index (χ1n) is 7.66. The smallest absolute Gasteiger partial charge is 0.311 e. The maximum Gasteiger partial charge on any atom is 0.311 e. The lowest BCUT2D eigenvalue weighted by Gasteiger charge is -2.38. The Labute approximate surface area is 120 Å². The van der Waals surface area contributed by atoms with Crippen LogP contribution >= 0.6 is 0 Å². The number of nitrogens with zero attached hydrogens (tertiary/aromatic N) is 1. The summed E-state index contributed by atoms with van der Waals surface area (Å²) in [6.07, 6.45) is 4.54. The van der Waals surface area contributed by atoms with Crippen molar-refractivity contribution < 1.29 is 14.7 Å². The molecule has 1 saturated heterocycles. The SMILES string of the molecule is CC1CCC(C)N1C(C)C(=O)NCC1(C(=O)O)CCC1. The van der Waals surface area contributed by atoms with Gasteiger partial charge in [-0.3, -0.25) is 14.5 Å². The number of aliphatic carboxylic acids is 1. The Morgan fingerprint density at radius 3 is 2.25 bits per heavy atom. The molecule has 114 valence electrons. The molecule has 1 aliphatic heterocycles. The molecule has 5 nitrogen and oxygen atoms in total. The molecule has 0 radical (unpaired) electrons. The van der Waals surface area contributed by atoms with Gasteiger partial charge in [-0.05, 0) is 46.5 Å². The number of carbonyl (C=O) groups is 2. The van der Waals surface area contributed by atoms with Crippen LogP contribution in [0.5, 0.6) is 0 Å². The first-order chi connectivity index (χ1) is 9.37. The Kier molecular flexibility index (Phi) is 4.37. The summed E-state index contributed by atoms with van der Waals surface area (Å²) in [5.41, 5.74) is -0.711. The van der Waals surface area contributed by atoms with Crippen molar-refractivity contribution >= 4 is 11.9 Å². The molecule has 0 bridgehead atoms. The summed E-state index contributed by atoms with van der Waals surface area (Å²) in [5, 5.41) is 12.1. The van der Waals surface area contributed by atoms with E-state index in [9.17, 15) is 14.7 Å². The van der Waals surface area contributed by atoms with Gasteiger partial charge in [-0.25, -0.2) is 0 Å². The van der Waals surface area contributed by atoms with E-state index in [0.29, 0.717) is 24.9 Å². The number of hydrogen-bond donors (Lipinski definition) is 2. The third-order valence-corrected chi connectivity index (χ3v) is 5.21. The topological polar surface area (TPSA) is 69.6 Å². The zero-order valence-corrected chi connectivity index (χ0v) is 12.7. The van der Waals surface area contributed by atoms with Gasteiger partial charge in [0, 0.05) is 18.6 Å². The van der Waals surface area contributed by atoms with Crippen LogP contribution in [0, 0.1) is 5.41 Å². The van der Waals surface area contributed by atoms with Gasteiger partial charge < -0.3 is 10.4 Å². The summed E-state index contributed by atoms with van der Waals surface area (Å²) < 4.78 is 0. The predicted octanol–water partition coefficient (Wildman–Crippen LogP) is 1.62. The molecule has 0 aromatic carbocycles. The molecule has 2 fully saturated rings. The van der Waals surface area contributed by atoms with Crippen LogP contribution in [0.3, 0.4) is 0 Å². The van der Waals surface area contributed by atoms with Crippen molar-refractivity contribution in [2.24, 2.45) is 5.41 Å². The molecule has 5 heteroatoms. The quantitative estimate of drug-likeness (QED) is 0.804. The zero-order valence-electron chi connectivity index (χ0n) is 12.7. The van der Waals surface area contributed by atoms with Crippen molar-refractivity contribution in [2.45, 2.75) is 71.0 Å². The third-order valence-electron chi connectivity index (χ3n) is 5.21. The molecule has 1 amide bonds. The molecule has 3 atom stereocenters. The van der Waals surface area contributed by atoms with Crippen LogP contribution in [0.25, 0.3) is 0 Å². The minimum Gasteiger partial charge on any atom is -0.481 e. The van der Waals surface area contributed by atoms with Crippen molar-refractivity contribution in [1.29, 1.82) is 0 Å². The van der Waals surface area contributed by atoms with Crippen LogP contribution < -0.4 is 5.32 Å². The minimum atomic E-state index is -0.778. The molecule has 1 heterocycles. The molecule has 1 aliphatic carbocycles. The molecule has 1 saturated carbocycles. The van der Waals surface area contributed by atoms with E-state index < -0.39 is 11.4 Å². The Morgan fingerprint density at radius 1 is 1.30 bits per heavy atom. The normalized spacial score (nSPS) is 30.6. The fourth-order valence-electron chi connectivity index (χ4n) is 3.59. The number of rotatable bonds is 5. The van der Waals surface area contributed by atoms with Crippen LogP contribution in [0.15, 0.2) is 0 Å². The highest BCUT2D eigenvalue weighted by Crippen LogP contribution is 2.40. The van der Waals surface area contributed by atoms with Crippen molar-refractivity contribution in [3.63, 3.8) is 0 Å². The van der Waals surface area contributed by atoms with Crippen molar-refractivity contribution in [1.82, 2.24) is 10.2 Å². The second-order valence-electron chi connectivity index (χ2n) is 6.56. The van der Waals surface area contributed by atoms with Gasteiger partial charge in [-0.1, -0.05) is 6.42 Å². The van der Waals surface area contributed by atoms with Crippen LogP contribution in [0.4, 0.5) is 0 Å². The summed E-state index contributed by atoms with van der Waals surface area (Å²) >= 11 is 0. The average molecular weight is 282 g/mol. The molecule has 3 unspecified atom stereocenters. The Hall–Kier alpha value is -1.10. The summed E-state index contributed by atoms with van der Waals surface area (Å²) in [5.74, 6) is -0.822. The fourth-order valence-corrected chi connectivity index (χ4v) is 3.59. The zero-order chi connectivity index (χ0) is 14.9. The van der Waals surface area contributed by atoms with Crippen LogP contribution in [0.1, 0.15) is 52.9 Å².